The summed E-state index contributed by atoms with van der Waals surface area (Å²) < 4.78 is 0. The average Bonchev–Trinajstić information content (AvgIpc) is 3.14. The molecule has 0 saturated heterocycles. The fourth-order valence-corrected chi connectivity index (χ4v) is 1.89. The van der Waals surface area contributed by atoms with Crippen molar-refractivity contribution in [2.24, 2.45) is 0 Å². The molecule has 0 aromatic carbocycles. The minimum atomic E-state index is -0.866. The maximum absolute atomic E-state index is 12.1. The molecule has 0 aliphatic heterocycles. The summed E-state index contributed by atoms with van der Waals surface area (Å²) >= 11 is 0. The fraction of sp³-hybridized carbons (Fsp3) is 0.462. The van der Waals surface area contributed by atoms with E-state index >= 15 is 0 Å². The molecule has 1 N–H and O–H groups in total. The van der Waals surface area contributed by atoms with E-state index in [0.717, 1.165) is 18.4 Å². The quantitative estimate of drug-likeness (QED) is 0.818. The Morgan fingerprint density at radius 2 is 2.22 bits per heavy atom. The third kappa shape index (κ3) is 3.55. The van der Waals surface area contributed by atoms with Gasteiger partial charge in [-0.25, -0.2) is 0 Å². The number of rotatable bonds is 6. The molecule has 5 heteroatoms. The molecule has 1 aliphatic rings. The zero-order chi connectivity index (χ0) is 13.0. The van der Waals surface area contributed by atoms with Crippen molar-refractivity contribution in [3.05, 3.63) is 30.1 Å². The van der Waals surface area contributed by atoms with E-state index < -0.39 is 5.97 Å². The van der Waals surface area contributed by atoms with Crippen molar-refractivity contribution in [2.75, 3.05) is 6.54 Å². The second-order valence-electron chi connectivity index (χ2n) is 4.50. The van der Waals surface area contributed by atoms with E-state index in [9.17, 15) is 9.59 Å². The van der Waals surface area contributed by atoms with Gasteiger partial charge in [0.1, 0.15) is 0 Å². The van der Waals surface area contributed by atoms with Crippen molar-refractivity contribution in [2.45, 2.75) is 31.7 Å². The number of carbonyl (C=O) groups is 2. The topological polar surface area (TPSA) is 70.5 Å². The zero-order valence-corrected chi connectivity index (χ0v) is 10.1. The lowest BCUT2D eigenvalue weighted by molar-refractivity contribution is -0.138. The smallest absolute Gasteiger partial charge is 0.305 e. The molecule has 0 spiro atoms. The molecular weight excluding hydrogens is 232 g/mol. The first-order chi connectivity index (χ1) is 8.66. The number of carbonyl (C=O) groups excluding carboxylic acids is 1. The Bertz CT molecular complexity index is 429. The van der Waals surface area contributed by atoms with E-state index in [-0.39, 0.29) is 18.4 Å². The number of hydrogen-bond donors (Lipinski definition) is 1. The van der Waals surface area contributed by atoms with Crippen LogP contribution in [-0.2, 0) is 16.0 Å². The highest BCUT2D eigenvalue weighted by Crippen LogP contribution is 2.27. The molecule has 1 aromatic rings. The van der Waals surface area contributed by atoms with Crippen LogP contribution in [0.15, 0.2) is 24.5 Å². The Labute approximate surface area is 105 Å². The molecule has 1 saturated carbocycles. The van der Waals surface area contributed by atoms with E-state index in [1.165, 1.54) is 0 Å². The van der Waals surface area contributed by atoms with Crippen molar-refractivity contribution in [3.63, 3.8) is 0 Å². The molecule has 2 rings (SSSR count). The number of pyridine rings is 1. The Hall–Kier alpha value is -1.91. The van der Waals surface area contributed by atoms with E-state index in [1.807, 2.05) is 6.07 Å². The highest BCUT2D eigenvalue weighted by Gasteiger charge is 2.32. The fourth-order valence-electron chi connectivity index (χ4n) is 1.89. The number of amides is 1. The van der Waals surface area contributed by atoms with Crippen molar-refractivity contribution in [3.8, 4) is 0 Å². The molecule has 0 unspecified atom stereocenters. The van der Waals surface area contributed by atoms with Gasteiger partial charge in [0, 0.05) is 25.0 Å². The van der Waals surface area contributed by atoms with Gasteiger partial charge in [0.2, 0.25) is 5.91 Å². The van der Waals surface area contributed by atoms with E-state index in [0.29, 0.717) is 13.0 Å². The Morgan fingerprint density at radius 1 is 1.44 bits per heavy atom. The number of nitrogens with zero attached hydrogens (tertiary/aromatic N) is 2. The molecule has 1 aromatic heterocycles. The van der Waals surface area contributed by atoms with Gasteiger partial charge in [-0.1, -0.05) is 6.07 Å². The van der Waals surface area contributed by atoms with E-state index in [2.05, 4.69) is 4.98 Å². The Morgan fingerprint density at radius 3 is 2.78 bits per heavy atom. The summed E-state index contributed by atoms with van der Waals surface area (Å²) in [5.41, 5.74) is 0.864. The molecule has 1 aliphatic carbocycles. The van der Waals surface area contributed by atoms with Crippen LogP contribution in [0.4, 0.5) is 0 Å². The predicted molar refractivity (Wildman–Crippen MR) is 64.9 cm³/mol. The highest BCUT2D eigenvalue weighted by atomic mass is 16.4. The van der Waals surface area contributed by atoms with Crippen molar-refractivity contribution < 1.29 is 14.7 Å². The van der Waals surface area contributed by atoms with Crippen LogP contribution in [0.1, 0.15) is 24.8 Å². The minimum absolute atomic E-state index is 0.00764. The van der Waals surface area contributed by atoms with Gasteiger partial charge in [-0.15, -0.1) is 0 Å². The molecule has 5 nitrogen and oxygen atoms in total. The normalized spacial score (nSPS) is 14.2. The summed E-state index contributed by atoms with van der Waals surface area (Å²) in [5, 5.41) is 8.69. The largest absolute Gasteiger partial charge is 0.481 e. The number of aromatic nitrogens is 1. The predicted octanol–water partition coefficient (Wildman–Crippen LogP) is 1.09. The second-order valence-corrected chi connectivity index (χ2v) is 4.50. The van der Waals surface area contributed by atoms with E-state index in [4.69, 9.17) is 5.11 Å². The molecule has 1 amide bonds. The van der Waals surface area contributed by atoms with E-state index in [1.54, 1.807) is 23.4 Å². The lowest BCUT2D eigenvalue weighted by Crippen LogP contribution is -2.36. The van der Waals surface area contributed by atoms with Crippen molar-refractivity contribution in [1.82, 2.24) is 9.88 Å². The standard InChI is InChI=1S/C13H16N2O3/c16-12(8-10-2-1-6-14-9-10)15(11-3-4-11)7-5-13(17)18/h1-2,6,9,11H,3-5,7-8H2,(H,17,18). The van der Waals surface area contributed by atoms with Crippen LogP contribution < -0.4 is 0 Å². The van der Waals surface area contributed by atoms with Crippen LogP contribution in [0.25, 0.3) is 0 Å². The van der Waals surface area contributed by atoms with Crippen LogP contribution in [0, 0.1) is 0 Å². The first-order valence-corrected chi connectivity index (χ1v) is 6.07. The van der Waals surface area contributed by atoms with Crippen LogP contribution >= 0.6 is 0 Å². The van der Waals surface area contributed by atoms with Gasteiger partial charge >= 0.3 is 5.97 Å². The maximum Gasteiger partial charge on any atom is 0.305 e. The molecule has 96 valence electrons. The Kier molecular flexibility index (Phi) is 3.92. The third-order valence-electron chi connectivity index (χ3n) is 2.95. The van der Waals surface area contributed by atoms with Gasteiger partial charge in [0.25, 0.3) is 0 Å². The lowest BCUT2D eigenvalue weighted by atomic mass is 10.2. The first kappa shape index (κ1) is 12.5. The summed E-state index contributed by atoms with van der Waals surface area (Å²) in [6, 6.07) is 3.89. The van der Waals surface area contributed by atoms with Gasteiger partial charge in [0.05, 0.1) is 12.8 Å². The second kappa shape index (κ2) is 5.62. The summed E-state index contributed by atoms with van der Waals surface area (Å²) in [5.74, 6) is -0.874. The molecule has 1 heterocycles. The number of carboxylic acid groups (broad SMARTS) is 1. The van der Waals surface area contributed by atoms with Crippen molar-refractivity contribution >= 4 is 11.9 Å². The average molecular weight is 248 g/mol. The zero-order valence-electron chi connectivity index (χ0n) is 10.1. The highest BCUT2D eigenvalue weighted by molar-refractivity contribution is 5.80. The van der Waals surface area contributed by atoms with Gasteiger partial charge in [-0.3, -0.25) is 14.6 Å². The minimum Gasteiger partial charge on any atom is -0.481 e. The first-order valence-electron chi connectivity index (χ1n) is 6.07. The van der Waals surface area contributed by atoms with Crippen LogP contribution in [0.2, 0.25) is 0 Å². The van der Waals surface area contributed by atoms with Crippen LogP contribution in [0.3, 0.4) is 0 Å². The number of carboxylic acids is 1. The van der Waals surface area contributed by atoms with Crippen LogP contribution in [-0.4, -0.2) is 39.5 Å². The van der Waals surface area contributed by atoms with Crippen LogP contribution in [0.5, 0.6) is 0 Å². The monoisotopic (exact) mass is 248 g/mol. The number of aliphatic carboxylic acids is 1. The van der Waals surface area contributed by atoms with Gasteiger partial charge in [-0.2, -0.15) is 0 Å². The molecule has 1 fully saturated rings. The lowest BCUT2D eigenvalue weighted by Gasteiger charge is -2.21. The SMILES string of the molecule is O=C(O)CCN(C(=O)Cc1cccnc1)C1CC1. The summed E-state index contributed by atoms with van der Waals surface area (Å²) in [6.07, 6.45) is 5.60. The summed E-state index contributed by atoms with van der Waals surface area (Å²) in [6.45, 7) is 0.305. The van der Waals surface area contributed by atoms with Gasteiger partial charge in [0.15, 0.2) is 0 Å². The molecular formula is C13H16N2O3. The molecule has 0 bridgehead atoms. The van der Waals surface area contributed by atoms with Crippen molar-refractivity contribution in [1.29, 1.82) is 0 Å². The molecule has 0 radical (unpaired) electrons. The number of hydrogen-bond acceptors (Lipinski definition) is 3. The van der Waals surface area contributed by atoms with Gasteiger partial charge < -0.3 is 10.0 Å². The molecule has 0 atom stereocenters. The summed E-state index contributed by atoms with van der Waals surface area (Å²) in [4.78, 5) is 28.4. The molecule has 18 heavy (non-hydrogen) atoms. The Balaban J connectivity index is 1.93. The third-order valence-corrected chi connectivity index (χ3v) is 2.95. The summed E-state index contributed by atoms with van der Waals surface area (Å²) in [7, 11) is 0. The van der Waals surface area contributed by atoms with Gasteiger partial charge in [-0.05, 0) is 24.5 Å². The maximum atomic E-state index is 12.1.